The molecule has 8 heteroatoms. The Bertz CT molecular complexity index is 642. The summed E-state index contributed by atoms with van der Waals surface area (Å²) >= 11 is 7.09. The molecular formula is C12H14ClN3O2S2. The Kier molecular flexibility index (Phi) is 5.09. The van der Waals surface area contributed by atoms with Gasteiger partial charge in [-0.15, -0.1) is 11.3 Å². The molecule has 0 spiro atoms. The molecule has 1 N–H and O–H groups in total. The van der Waals surface area contributed by atoms with Gasteiger partial charge in [0.2, 0.25) is 15.3 Å². The smallest absolute Gasteiger partial charge is 0.225 e. The topological polar surface area (TPSA) is 72.0 Å². The first-order valence-electron chi connectivity index (χ1n) is 6.06. The van der Waals surface area contributed by atoms with Gasteiger partial charge in [-0.3, -0.25) is 0 Å². The molecule has 0 radical (unpaired) electrons. The number of sulfonamides is 1. The summed E-state index contributed by atoms with van der Waals surface area (Å²) in [6, 6.07) is 3.59. The molecule has 0 aliphatic heterocycles. The molecule has 2 aromatic heterocycles. The summed E-state index contributed by atoms with van der Waals surface area (Å²) in [5.41, 5.74) is 0. The predicted octanol–water partition coefficient (Wildman–Crippen LogP) is 3.01. The standard InChI is InChI=1S/C12H14ClN3O2S2/c1-2-4-10(11-5-3-6-19-11)16-20(17,18)9-7-14-12(13)15-8-9/h3,5-8,10,16H,2,4H2,1H3. The molecule has 0 bridgehead atoms. The van der Waals surface area contributed by atoms with Crippen molar-refractivity contribution in [1.82, 2.24) is 14.7 Å². The minimum atomic E-state index is -3.65. The normalized spacial score (nSPS) is 13.3. The van der Waals surface area contributed by atoms with Crippen molar-refractivity contribution in [3.05, 3.63) is 40.1 Å². The Morgan fingerprint density at radius 2 is 2.10 bits per heavy atom. The van der Waals surface area contributed by atoms with Gasteiger partial charge in [0.25, 0.3) is 0 Å². The highest BCUT2D eigenvalue weighted by Crippen LogP contribution is 2.25. The maximum absolute atomic E-state index is 12.3. The number of nitrogens with zero attached hydrogens (tertiary/aromatic N) is 2. The minimum absolute atomic E-state index is 0.0135. The van der Waals surface area contributed by atoms with Crippen LogP contribution in [0.5, 0.6) is 0 Å². The zero-order valence-corrected chi connectivity index (χ0v) is 13.2. The maximum Gasteiger partial charge on any atom is 0.244 e. The molecule has 1 atom stereocenters. The molecule has 0 amide bonds. The molecule has 5 nitrogen and oxygen atoms in total. The predicted molar refractivity (Wildman–Crippen MR) is 79.3 cm³/mol. The average molecular weight is 332 g/mol. The fraction of sp³-hybridized carbons (Fsp3) is 0.333. The van der Waals surface area contributed by atoms with Gasteiger partial charge in [-0.05, 0) is 29.5 Å². The van der Waals surface area contributed by atoms with Gasteiger partial charge in [0.15, 0.2) is 0 Å². The number of aromatic nitrogens is 2. The van der Waals surface area contributed by atoms with E-state index in [4.69, 9.17) is 11.6 Å². The molecule has 108 valence electrons. The van der Waals surface area contributed by atoms with E-state index in [9.17, 15) is 8.42 Å². The quantitative estimate of drug-likeness (QED) is 0.826. The zero-order valence-electron chi connectivity index (χ0n) is 10.8. The Hall–Kier alpha value is -1.02. The molecule has 1 unspecified atom stereocenters. The van der Waals surface area contributed by atoms with Gasteiger partial charge in [-0.25, -0.2) is 23.1 Å². The van der Waals surface area contributed by atoms with Crippen molar-refractivity contribution in [2.45, 2.75) is 30.7 Å². The second kappa shape index (κ2) is 6.62. The fourth-order valence-corrected chi connectivity index (χ4v) is 3.86. The van der Waals surface area contributed by atoms with Crippen molar-refractivity contribution in [2.24, 2.45) is 0 Å². The first kappa shape index (κ1) is 15.4. The lowest BCUT2D eigenvalue weighted by Crippen LogP contribution is -2.28. The highest BCUT2D eigenvalue weighted by atomic mass is 35.5. The summed E-state index contributed by atoms with van der Waals surface area (Å²) < 4.78 is 27.3. The van der Waals surface area contributed by atoms with Gasteiger partial charge in [-0.1, -0.05) is 19.4 Å². The van der Waals surface area contributed by atoms with Crippen molar-refractivity contribution < 1.29 is 8.42 Å². The van der Waals surface area contributed by atoms with Crippen molar-refractivity contribution in [3.8, 4) is 0 Å². The van der Waals surface area contributed by atoms with Crippen LogP contribution in [0.2, 0.25) is 5.28 Å². The van der Waals surface area contributed by atoms with Crippen molar-refractivity contribution >= 4 is 33.0 Å². The molecule has 2 heterocycles. The lowest BCUT2D eigenvalue weighted by Gasteiger charge is -2.16. The lowest BCUT2D eigenvalue weighted by molar-refractivity contribution is 0.539. The van der Waals surface area contributed by atoms with E-state index in [2.05, 4.69) is 14.7 Å². The lowest BCUT2D eigenvalue weighted by atomic mass is 10.1. The van der Waals surface area contributed by atoms with E-state index < -0.39 is 10.0 Å². The number of hydrogen-bond acceptors (Lipinski definition) is 5. The molecule has 0 aliphatic carbocycles. The van der Waals surface area contributed by atoms with Crippen LogP contribution in [0.4, 0.5) is 0 Å². The summed E-state index contributed by atoms with van der Waals surface area (Å²) in [6.45, 7) is 2.01. The van der Waals surface area contributed by atoms with Crippen LogP contribution in [-0.4, -0.2) is 18.4 Å². The van der Waals surface area contributed by atoms with Crippen molar-refractivity contribution in [1.29, 1.82) is 0 Å². The van der Waals surface area contributed by atoms with Crippen molar-refractivity contribution in [2.75, 3.05) is 0 Å². The van der Waals surface area contributed by atoms with Crippen LogP contribution in [0.1, 0.15) is 30.7 Å². The summed E-state index contributed by atoms with van der Waals surface area (Å²) in [6.07, 6.45) is 4.01. The number of halogens is 1. The van der Waals surface area contributed by atoms with Gasteiger partial charge in [-0.2, -0.15) is 0 Å². The highest BCUT2D eigenvalue weighted by molar-refractivity contribution is 7.89. The van der Waals surface area contributed by atoms with Gasteiger partial charge < -0.3 is 0 Å². The molecular weight excluding hydrogens is 318 g/mol. The van der Waals surface area contributed by atoms with Crippen molar-refractivity contribution in [3.63, 3.8) is 0 Å². The van der Waals surface area contributed by atoms with Crippen LogP contribution in [0.3, 0.4) is 0 Å². The Morgan fingerprint density at radius 3 is 2.65 bits per heavy atom. The van der Waals surface area contributed by atoms with E-state index >= 15 is 0 Å². The summed E-state index contributed by atoms with van der Waals surface area (Å²) in [5.74, 6) is 0. The zero-order chi connectivity index (χ0) is 14.6. The van der Waals surface area contributed by atoms with E-state index in [1.54, 1.807) is 0 Å². The molecule has 20 heavy (non-hydrogen) atoms. The third-order valence-electron chi connectivity index (χ3n) is 2.67. The number of hydrogen-bond donors (Lipinski definition) is 1. The largest absolute Gasteiger partial charge is 0.244 e. The Balaban J connectivity index is 2.23. The average Bonchev–Trinajstić information content (AvgIpc) is 2.92. The summed E-state index contributed by atoms with van der Waals surface area (Å²) in [5, 5.41) is 1.95. The maximum atomic E-state index is 12.3. The molecule has 0 saturated heterocycles. The van der Waals surface area contributed by atoms with E-state index in [1.165, 1.54) is 23.7 Å². The highest BCUT2D eigenvalue weighted by Gasteiger charge is 2.22. The molecule has 2 rings (SSSR count). The van der Waals surface area contributed by atoms with Crippen LogP contribution >= 0.6 is 22.9 Å². The number of thiophene rings is 1. The molecule has 0 saturated carbocycles. The van der Waals surface area contributed by atoms with Gasteiger partial charge in [0.1, 0.15) is 4.90 Å². The minimum Gasteiger partial charge on any atom is -0.225 e. The third kappa shape index (κ3) is 3.76. The third-order valence-corrected chi connectivity index (χ3v) is 5.28. The van der Waals surface area contributed by atoms with E-state index in [-0.39, 0.29) is 16.2 Å². The first-order chi connectivity index (χ1) is 9.53. The van der Waals surface area contributed by atoms with E-state index in [1.807, 2.05) is 24.4 Å². The van der Waals surface area contributed by atoms with Crippen LogP contribution < -0.4 is 4.72 Å². The monoisotopic (exact) mass is 331 g/mol. The van der Waals surface area contributed by atoms with Gasteiger partial charge >= 0.3 is 0 Å². The summed E-state index contributed by atoms with van der Waals surface area (Å²) in [4.78, 5) is 8.40. The van der Waals surface area contributed by atoms with Crippen LogP contribution in [0.15, 0.2) is 34.8 Å². The molecule has 0 aliphatic rings. The van der Waals surface area contributed by atoms with Gasteiger partial charge in [0, 0.05) is 4.88 Å². The Labute approximate surface area is 127 Å². The molecule has 2 aromatic rings. The fourth-order valence-electron chi connectivity index (χ4n) is 1.73. The van der Waals surface area contributed by atoms with Crippen LogP contribution in [0.25, 0.3) is 0 Å². The molecule has 0 aromatic carbocycles. The second-order valence-corrected chi connectivity index (χ2v) is 7.20. The SMILES string of the molecule is CCCC(NS(=O)(=O)c1cnc(Cl)nc1)c1cccs1. The van der Waals surface area contributed by atoms with Gasteiger partial charge in [0.05, 0.1) is 18.4 Å². The molecule has 0 fully saturated rings. The second-order valence-electron chi connectivity index (χ2n) is 4.17. The van der Waals surface area contributed by atoms with Crippen LogP contribution in [-0.2, 0) is 10.0 Å². The summed E-state index contributed by atoms with van der Waals surface area (Å²) in [7, 11) is -3.65. The van der Waals surface area contributed by atoms with E-state index in [0.717, 1.165) is 17.7 Å². The first-order valence-corrected chi connectivity index (χ1v) is 8.80. The van der Waals surface area contributed by atoms with Crippen LogP contribution in [0, 0.1) is 0 Å². The van der Waals surface area contributed by atoms with E-state index in [0.29, 0.717) is 0 Å². The number of rotatable bonds is 6. The number of nitrogens with one attached hydrogen (secondary N) is 1. The Morgan fingerprint density at radius 1 is 1.40 bits per heavy atom.